The minimum absolute atomic E-state index is 0.371. The molecule has 0 aliphatic heterocycles. The Morgan fingerprint density at radius 2 is 1.93 bits per heavy atom. The molecule has 6 heteroatoms. The number of halogens is 3. The van der Waals surface area contributed by atoms with E-state index in [0.29, 0.717) is 5.56 Å². The summed E-state index contributed by atoms with van der Waals surface area (Å²) in [5.74, 6) is -0.883. The van der Waals surface area contributed by atoms with E-state index in [1.807, 2.05) is 28.7 Å². The highest BCUT2D eigenvalue weighted by atomic mass is 127. The molecule has 0 spiro atoms. The Morgan fingerprint density at radius 3 is 2.36 bits per heavy atom. The van der Waals surface area contributed by atoms with Gasteiger partial charge in [-0.15, -0.1) is 0 Å². The van der Waals surface area contributed by atoms with Crippen molar-refractivity contribution < 1.29 is 9.90 Å². The molecular weight excluding hydrogens is 523 g/mol. The first-order chi connectivity index (χ1) is 6.49. The summed E-state index contributed by atoms with van der Waals surface area (Å²) in [6, 6.07) is 1.86. The lowest BCUT2D eigenvalue weighted by molar-refractivity contribution is 0.0694. The largest absolute Gasteiger partial charge is 0.478 e. The van der Waals surface area contributed by atoms with Crippen molar-refractivity contribution in [3.8, 4) is 0 Å². The maximum Gasteiger partial charge on any atom is 0.337 e. The molecule has 0 radical (unpaired) electrons. The van der Waals surface area contributed by atoms with Gasteiger partial charge in [0.25, 0.3) is 0 Å². The molecule has 1 aromatic rings. The number of rotatable bonds is 2. The molecule has 0 aliphatic carbocycles. The summed E-state index contributed by atoms with van der Waals surface area (Å²) in [5, 5.41) is 12.0. The van der Waals surface area contributed by atoms with Crippen LogP contribution in [0.15, 0.2) is 6.07 Å². The van der Waals surface area contributed by atoms with Gasteiger partial charge in [0.2, 0.25) is 0 Å². The fourth-order valence-electron chi connectivity index (χ4n) is 1.02. The fraction of sp³-hybridized carbons (Fsp3) is 0.125. The monoisotopic (exact) mass is 529 g/mol. The fourth-order valence-corrected chi connectivity index (χ4v) is 5.39. The normalized spacial score (nSPS) is 10.0. The summed E-state index contributed by atoms with van der Waals surface area (Å²) in [6.07, 6.45) is 0. The first-order valence-corrected chi connectivity index (χ1v) is 6.81. The minimum Gasteiger partial charge on any atom is -0.478 e. The lowest BCUT2D eigenvalue weighted by atomic mass is 10.2. The Labute approximate surface area is 122 Å². The molecule has 1 rings (SSSR count). The molecule has 0 atom stereocenters. The number of benzene rings is 1. The van der Waals surface area contributed by atoms with E-state index >= 15 is 0 Å². The van der Waals surface area contributed by atoms with Crippen LogP contribution in [0, 0.1) is 10.7 Å². The van der Waals surface area contributed by atoms with E-state index in [0.717, 1.165) is 16.4 Å². The predicted octanol–water partition coefficient (Wildman–Crippen LogP) is 3.24. The van der Waals surface area contributed by atoms with E-state index < -0.39 is 5.97 Å². The highest BCUT2D eigenvalue weighted by molar-refractivity contribution is 14.1. The lowest BCUT2D eigenvalue weighted by Crippen LogP contribution is -2.07. The first-order valence-electron chi connectivity index (χ1n) is 3.57. The highest BCUT2D eigenvalue weighted by Crippen LogP contribution is 2.31. The maximum absolute atomic E-state index is 11.0. The molecule has 76 valence electrons. The molecule has 14 heavy (non-hydrogen) atoms. The van der Waals surface area contributed by atoms with Gasteiger partial charge in [0.15, 0.2) is 0 Å². The number of hydrogen-bond acceptors (Lipinski definition) is 2. The van der Waals surface area contributed by atoms with Gasteiger partial charge in [0.1, 0.15) is 0 Å². The quantitative estimate of drug-likeness (QED) is 0.580. The van der Waals surface area contributed by atoms with Crippen LogP contribution in [0.25, 0.3) is 0 Å². The molecule has 0 saturated carbocycles. The lowest BCUT2D eigenvalue weighted by Gasteiger charge is -2.11. The number of carboxylic acid groups (broad SMARTS) is 1. The Balaban J connectivity index is 3.52. The van der Waals surface area contributed by atoms with Gasteiger partial charge in [0, 0.05) is 14.2 Å². The number of hydrogen-bond donors (Lipinski definition) is 2. The molecule has 0 heterocycles. The summed E-state index contributed by atoms with van der Waals surface area (Å²) < 4.78 is 2.56. The molecule has 0 aromatic heterocycles. The number of carbonyl (C=O) groups is 1. The number of nitrogens with one attached hydrogen (secondary N) is 1. The maximum atomic E-state index is 11.0. The third-order valence-corrected chi connectivity index (χ3v) is 4.41. The van der Waals surface area contributed by atoms with Crippen LogP contribution in [0.2, 0.25) is 0 Å². The summed E-state index contributed by atoms with van der Waals surface area (Å²) in [6.45, 7) is 0. The van der Waals surface area contributed by atoms with Crippen LogP contribution in [0.1, 0.15) is 10.4 Å². The van der Waals surface area contributed by atoms with Gasteiger partial charge < -0.3 is 10.4 Å². The predicted molar refractivity (Wildman–Crippen MR) is 81.1 cm³/mol. The van der Waals surface area contributed by atoms with Crippen molar-refractivity contribution in [3.05, 3.63) is 22.3 Å². The minimum atomic E-state index is -0.883. The van der Waals surface area contributed by atoms with Gasteiger partial charge in [-0.05, 0) is 73.8 Å². The van der Waals surface area contributed by atoms with Crippen LogP contribution in [0.5, 0.6) is 0 Å². The van der Waals surface area contributed by atoms with Gasteiger partial charge in [-0.3, -0.25) is 0 Å². The molecule has 0 bridgehead atoms. The van der Waals surface area contributed by atoms with E-state index in [1.165, 1.54) is 0 Å². The zero-order valence-electron chi connectivity index (χ0n) is 7.07. The van der Waals surface area contributed by atoms with Crippen molar-refractivity contribution in [2.75, 3.05) is 12.4 Å². The Bertz CT molecular complexity index is 393. The topological polar surface area (TPSA) is 49.3 Å². The van der Waals surface area contributed by atoms with E-state index in [9.17, 15) is 4.79 Å². The summed E-state index contributed by atoms with van der Waals surface area (Å²) in [4.78, 5) is 11.0. The zero-order chi connectivity index (χ0) is 10.9. The third kappa shape index (κ3) is 2.43. The Morgan fingerprint density at radius 1 is 1.36 bits per heavy atom. The van der Waals surface area contributed by atoms with E-state index in [2.05, 4.69) is 50.5 Å². The van der Waals surface area contributed by atoms with Gasteiger partial charge in [-0.25, -0.2) is 4.79 Å². The second kappa shape index (κ2) is 5.14. The van der Waals surface area contributed by atoms with Crippen molar-refractivity contribution in [1.29, 1.82) is 0 Å². The van der Waals surface area contributed by atoms with Crippen molar-refractivity contribution in [1.82, 2.24) is 0 Å². The van der Waals surface area contributed by atoms with Crippen LogP contribution in [-0.2, 0) is 0 Å². The van der Waals surface area contributed by atoms with Gasteiger partial charge in [-0.2, -0.15) is 0 Å². The van der Waals surface area contributed by atoms with Crippen molar-refractivity contribution >= 4 is 79.4 Å². The SMILES string of the molecule is CNc1c(I)cc(I)c(C(=O)O)c1I. The second-order valence-electron chi connectivity index (χ2n) is 2.46. The summed E-state index contributed by atoms with van der Waals surface area (Å²) in [7, 11) is 1.79. The Hall–Kier alpha value is 0.680. The van der Waals surface area contributed by atoms with Crippen molar-refractivity contribution in [2.24, 2.45) is 0 Å². The molecule has 0 fully saturated rings. The van der Waals surface area contributed by atoms with Crippen molar-refractivity contribution in [3.63, 3.8) is 0 Å². The average Bonchev–Trinajstić information content (AvgIpc) is 2.02. The van der Waals surface area contributed by atoms with Crippen LogP contribution in [0.4, 0.5) is 5.69 Å². The molecule has 0 unspecified atom stereocenters. The van der Waals surface area contributed by atoms with Gasteiger partial charge in [-0.1, -0.05) is 0 Å². The number of anilines is 1. The van der Waals surface area contributed by atoms with E-state index in [4.69, 9.17) is 5.11 Å². The van der Waals surface area contributed by atoms with Crippen molar-refractivity contribution in [2.45, 2.75) is 0 Å². The number of carboxylic acids is 1. The summed E-state index contributed by atoms with van der Waals surface area (Å²) in [5.41, 5.74) is 1.25. The third-order valence-electron chi connectivity index (χ3n) is 1.63. The summed E-state index contributed by atoms with van der Waals surface area (Å²) >= 11 is 6.28. The molecule has 1 aromatic carbocycles. The standard InChI is InChI=1S/C8H6I3NO2/c1-12-7-4(10)2-3(9)5(6(7)11)8(13)14/h2,12H,1H3,(H,13,14). The van der Waals surface area contributed by atoms with Gasteiger partial charge in [0.05, 0.1) is 14.8 Å². The first kappa shape index (κ1) is 12.7. The highest BCUT2D eigenvalue weighted by Gasteiger charge is 2.18. The molecular formula is C8H6I3NO2. The Kier molecular flexibility index (Phi) is 4.68. The van der Waals surface area contributed by atoms with Crippen LogP contribution in [0.3, 0.4) is 0 Å². The zero-order valence-corrected chi connectivity index (χ0v) is 13.5. The molecule has 0 saturated heterocycles. The smallest absolute Gasteiger partial charge is 0.337 e. The molecule has 3 nitrogen and oxygen atoms in total. The molecule has 0 aliphatic rings. The average molecular weight is 529 g/mol. The molecule has 0 amide bonds. The van der Waals surface area contributed by atoms with Gasteiger partial charge >= 0.3 is 5.97 Å². The number of aromatic carboxylic acids is 1. The van der Waals surface area contributed by atoms with Crippen LogP contribution < -0.4 is 5.32 Å². The van der Waals surface area contributed by atoms with E-state index in [-0.39, 0.29) is 0 Å². The van der Waals surface area contributed by atoms with Crippen LogP contribution in [-0.4, -0.2) is 18.1 Å². The van der Waals surface area contributed by atoms with Crippen LogP contribution >= 0.6 is 67.8 Å². The molecule has 2 N–H and O–H groups in total. The second-order valence-corrected chi connectivity index (χ2v) is 5.86. The van der Waals surface area contributed by atoms with E-state index in [1.54, 1.807) is 7.05 Å².